The number of halogens is 1. The summed E-state index contributed by atoms with van der Waals surface area (Å²) in [6.45, 7) is 2.29. The Bertz CT molecular complexity index is 462. The summed E-state index contributed by atoms with van der Waals surface area (Å²) in [6.07, 6.45) is 3.78. The Balaban J connectivity index is 1.93. The Hall–Kier alpha value is -1.76. The fourth-order valence-corrected chi connectivity index (χ4v) is 2.47. The maximum atomic E-state index is 13.7. The molecule has 0 saturated heterocycles. The molecule has 0 amide bonds. The molecule has 2 rings (SSSR count). The lowest BCUT2D eigenvalue weighted by Gasteiger charge is -2.26. The molecule has 1 aliphatic carbocycles. The van der Waals surface area contributed by atoms with Gasteiger partial charge in [0.25, 0.3) is 0 Å². The van der Waals surface area contributed by atoms with Gasteiger partial charge in [-0.15, -0.1) is 0 Å². The zero-order chi connectivity index (χ0) is 13.7. The van der Waals surface area contributed by atoms with E-state index in [1.807, 2.05) is 13.0 Å². The fraction of sp³-hybridized carbons (Fsp3) is 0.533. The number of benzene rings is 1. The van der Waals surface area contributed by atoms with Crippen molar-refractivity contribution in [2.45, 2.75) is 38.6 Å². The highest BCUT2D eigenvalue weighted by Crippen LogP contribution is 2.27. The molecule has 4 heteroatoms. The Morgan fingerprint density at radius 2 is 2.11 bits per heavy atom. The molecule has 0 radical (unpaired) electrons. The van der Waals surface area contributed by atoms with Crippen LogP contribution in [0.1, 0.15) is 32.6 Å². The highest BCUT2D eigenvalue weighted by molar-refractivity contribution is 5.48. The first-order valence-electron chi connectivity index (χ1n) is 6.81. The molecule has 1 aromatic rings. The van der Waals surface area contributed by atoms with Gasteiger partial charge >= 0.3 is 0 Å². The van der Waals surface area contributed by atoms with Gasteiger partial charge in [-0.25, -0.2) is 4.39 Å². The molecule has 102 valence electrons. The first-order valence-corrected chi connectivity index (χ1v) is 6.81. The van der Waals surface area contributed by atoms with E-state index in [-0.39, 0.29) is 11.7 Å². The number of nitriles is 1. The Morgan fingerprint density at radius 3 is 2.68 bits per heavy atom. The smallest absolute Gasteiger partial charge is 0.167 e. The second-order valence-corrected chi connectivity index (χ2v) is 4.90. The lowest BCUT2D eigenvalue weighted by atomic mass is 9.87. The van der Waals surface area contributed by atoms with Gasteiger partial charge in [0.2, 0.25) is 0 Å². The van der Waals surface area contributed by atoms with E-state index in [0.29, 0.717) is 18.4 Å². The number of ether oxygens (including phenoxy) is 1. The van der Waals surface area contributed by atoms with Crippen LogP contribution >= 0.6 is 0 Å². The quantitative estimate of drug-likeness (QED) is 0.899. The summed E-state index contributed by atoms with van der Waals surface area (Å²) in [5.41, 5.74) is 0.779. The lowest BCUT2D eigenvalue weighted by molar-refractivity contribution is 0.321. The van der Waals surface area contributed by atoms with Crippen molar-refractivity contribution in [2.24, 2.45) is 5.92 Å². The molecule has 3 nitrogen and oxygen atoms in total. The first kappa shape index (κ1) is 13.7. The Morgan fingerprint density at radius 1 is 1.37 bits per heavy atom. The topological polar surface area (TPSA) is 45.0 Å². The van der Waals surface area contributed by atoms with E-state index in [1.54, 1.807) is 6.07 Å². The van der Waals surface area contributed by atoms with Crippen LogP contribution in [0.15, 0.2) is 18.2 Å². The van der Waals surface area contributed by atoms with Crippen molar-refractivity contribution in [1.82, 2.24) is 0 Å². The molecule has 0 atom stereocenters. The van der Waals surface area contributed by atoms with Crippen LogP contribution in [-0.2, 0) is 0 Å². The molecule has 0 aliphatic heterocycles. The summed E-state index contributed by atoms with van der Waals surface area (Å²) >= 11 is 0. The van der Waals surface area contributed by atoms with Crippen LogP contribution in [0.5, 0.6) is 5.75 Å². The van der Waals surface area contributed by atoms with Gasteiger partial charge in [0, 0.05) is 23.7 Å². The normalized spacial score (nSPS) is 22.6. The van der Waals surface area contributed by atoms with Crippen LogP contribution in [0.3, 0.4) is 0 Å². The summed E-state index contributed by atoms with van der Waals surface area (Å²) in [5, 5.41) is 12.2. The average Bonchev–Trinajstić information content (AvgIpc) is 2.43. The van der Waals surface area contributed by atoms with Crippen molar-refractivity contribution >= 4 is 5.69 Å². The fourth-order valence-electron chi connectivity index (χ4n) is 2.47. The zero-order valence-electron chi connectivity index (χ0n) is 11.2. The van der Waals surface area contributed by atoms with Crippen molar-refractivity contribution in [2.75, 3.05) is 11.9 Å². The number of hydrogen-bond acceptors (Lipinski definition) is 3. The van der Waals surface area contributed by atoms with E-state index in [1.165, 1.54) is 6.07 Å². The van der Waals surface area contributed by atoms with E-state index in [9.17, 15) is 4.39 Å². The molecule has 0 unspecified atom stereocenters. The molecule has 0 heterocycles. The zero-order valence-corrected chi connectivity index (χ0v) is 11.2. The number of anilines is 1. The summed E-state index contributed by atoms with van der Waals surface area (Å²) in [5.74, 6) is 0.147. The number of nitrogens with one attached hydrogen (secondary N) is 1. The highest BCUT2D eigenvalue weighted by Gasteiger charge is 2.20. The minimum Gasteiger partial charge on any atom is -0.491 e. The van der Waals surface area contributed by atoms with E-state index in [4.69, 9.17) is 10.00 Å². The van der Waals surface area contributed by atoms with Gasteiger partial charge in [0.05, 0.1) is 12.7 Å². The third-order valence-electron chi connectivity index (χ3n) is 3.51. The molecule has 19 heavy (non-hydrogen) atoms. The predicted molar refractivity (Wildman–Crippen MR) is 72.6 cm³/mol. The van der Waals surface area contributed by atoms with Gasteiger partial charge in [-0.3, -0.25) is 0 Å². The van der Waals surface area contributed by atoms with Crippen molar-refractivity contribution in [1.29, 1.82) is 5.26 Å². The molecule has 0 aromatic heterocycles. The SMILES string of the molecule is CCOc1ccc(NC2CCC(C#N)CC2)cc1F. The maximum Gasteiger partial charge on any atom is 0.167 e. The monoisotopic (exact) mass is 262 g/mol. The highest BCUT2D eigenvalue weighted by atomic mass is 19.1. The minimum atomic E-state index is -0.336. The molecule has 1 N–H and O–H groups in total. The maximum absolute atomic E-state index is 13.7. The van der Waals surface area contributed by atoms with E-state index in [0.717, 1.165) is 31.4 Å². The second-order valence-electron chi connectivity index (χ2n) is 4.90. The summed E-state index contributed by atoms with van der Waals surface area (Å²) in [6, 6.07) is 7.62. The largest absolute Gasteiger partial charge is 0.491 e. The Labute approximate surface area is 113 Å². The van der Waals surface area contributed by atoms with Crippen molar-refractivity contribution < 1.29 is 9.13 Å². The Kier molecular flexibility index (Phi) is 4.62. The van der Waals surface area contributed by atoms with E-state index in [2.05, 4.69) is 11.4 Å². The molecule has 0 spiro atoms. The van der Waals surface area contributed by atoms with E-state index >= 15 is 0 Å². The number of rotatable bonds is 4. The standard InChI is InChI=1S/C15H19FN2O/c1-2-19-15-8-7-13(9-14(15)16)18-12-5-3-11(10-17)4-6-12/h7-9,11-12,18H,2-6H2,1H3. The molecule has 1 aromatic carbocycles. The van der Waals surface area contributed by atoms with Crippen molar-refractivity contribution in [3.63, 3.8) is 0 Å². The second kappa shape index (κ2) is 6.42. The third-order valence-corrected chi connectivity index (χ3v) is 3.51. The van der Waals surface area contributed by atoms with Crippen molar-refractivity contribution in [3.05, 3.63) is 24.0 Å². The van der Waals surface area contributed by atoms with Gasteiger partial charge in [-0.05, 0) is 44.7 Å². The summed E-state index contributed by atoms with van der Waals surface area (Å²) in [7, 11) is 0. The van der Waals surface area contributed by atoms with Crippen LogP contribution in [0.2, 0.25) is 0 Å². The van der Waals surface area contributed by atoms with Crippen LogP contribution in [0.25, 0.3) is 0 Å². The molecule has 1 fully saturated rings. The lowest BCUT2D eigenvalue weighted by Crippen LogP contribution is -2.25. The van der Waals surface area contributed by atoms with Crippen LogP contribution in [-0.4, -0.2) is 12.6 Å². The molecular weight excluding hydrogens is 243 g/mol. The predicted octanol–water partition coefficient (Wildman–Crippen LogP) is 3.72. The minimum absolute atomic E-state index is 0.190. The first-order chi connectivity index (χ1) is 9.22. The van der Waals surface area contributed by atoms with Gasteiger partial charge in [-0.2, -0.15) is 5.26 Å². The number of nitrogens with zero attached hydrogens (tertiary/aromatic N) is 1. The summed E-state index contributed by atoms with van der Waals surface area (Å²) < 4.78 is 18.9. The van der Waals surface area contributed by atoms with Crippen LogP contribution in [0, 0.1) is 23.1 Å². The van der Waals surface area contributed by atoms with Crippen molar-refractivity contribution in [3.8, 4) is 11.8 Å². The van der Waals surface area contributed by atoms with Gasteiger partial charge in [0.1, 0.15) is 0 Å². The third kappa shape index (κ3) is 3.60. The summed E-state index contributed by atoms with van der Waals surface area (Å²) in [4.78, 5) is 0. The van der Waals surface area contributed by atoms with Crippen LogP contribution < -0.4 is 10.1 Å². The average molecular weight is 262 g/mol. The van der Waals surface area contributed by atoms with Gasteiger partial charge in [-0.1, -0.05) is 0 Å². The molecular formula is C15H19FN2O. The van der Waals surface area contributed by atoms with E-state index < -0.39 is 0 Å². The van der Waals surface area contributed by atoms with Crippen LogP contribution in [0.4, 0.5) is 10.1 Å². The molecule has 1 saturated carbocycles. The number of hydrogen-bond donors (Lipinski definition) is 1. The van der Waals surface area contributed by atoms with Gasteiger partial charge < -0.3 is 10.1 Å². The molecule has 0 bridgehead atoms. The van der Waals surface area contributed by atoms with Gasteiger partial charge in [0.15, 0.2) is 11.6 Å². The molecule has 1 aliphatic rings.